The molecular weight excluding hydrogens is 453 g/mol. The summed E-state index contributed by atoms with van der Waals surface area (Å²) in [7, 11) is -4.13. The normalized spacial score (nSPS) is 12.2. The molecule has 0 aromatic heterocycles. The van der Waals surface area contributed by atoms with Crippen molar-refractivity contribution in [3.8, 4) is 5.75 Å². The van der Waals surface area contributed by atoms with Gasteiger partial charge in [-0.05, 0) is 67.4 Å². The molecule has 5 nitrogen and oxygen atoms in total. The number of rotatable bonds is 8. The Hall–Kier alpha value is -2.90. The maximum Gasteiger partial charge on any atom is 0.339 e. The minimum atomic E-state index is -4.13. The molecule has 0 heterocycles. The van der Waals surface area contributed by atoms with Crippen LogP contribution in [0.2, 0.25) is 5.02 Å². The van der Waals surface area contributed by atoms with Crippen LogP contribution in [-0.2, 0) is 16.7 Å². The Balaban J connectivity index is 1.84. The Kier molecular flexibility index (Phi) is 7.53. The van der Waals surface area contributed by atoms with Gasteiger partial charge in [0.05, 0.1) is 10.6 Å². The van der Waals surface area contributed by atoms with E-state index in [1.807, 2.05) is 13.8 Å². The van der Waals surface area contributed by atoms with Crippen LogP contribution in [-0.4, -0.2) is 25.3 Å². The third-order valence-corrected chi connectivity index (χ3v) is 6.64. The summed E-state index contributed by atoms with van der Waals surface area (Å²) in [6.07, 6.45) is 0.728. The fraction of sp³-hybridized carbons (Fsp3) is 0.208. The van der Waals surface area contributed by atoms with Gasteiger partial charge in [0.15, 0.2) is 0 Å². The number of carbonyl (C=O) groups is 1. The number of nitrogens with zero attached hydrogens (tertiary/aromatic N) is 1. The summed E-state index contributed by atoms with van der Waals surface area (Å²) < 4.78 is 43.3. The molecule has 0 unspecified atom stereocenters. The zero-order valence-electron chi connectivity index (χ0n) is 17.7. The minimum Gasteiger partial charge on any atom is -0.379 e. The van der Waals surface area contributed by atoms with Gasteiger partial charge in [0.2, 0.25) is 0 Å². The molecule has 0 N–H and O–H groups in total. The Bertz CT molecular complexity index is 1200. The van der Waals surface area contributed by atoms with Crippen molar-refractivity contribution in [2.24, 2.45) is 0 Å². The van der Waals surface area contributed by atoms with Crippen LogP contribution in [0.4, 0.5) is 4.39 Å². The molecule has 8 heteroatoms. The van der Waals surface area contributed by atoms with Crippen LogP contribution in [0.1, 0.15) is 36.2 Å². The van der Waals surface area contributed by atoms with Crippen molar-refractivity contribution in [1.82, 2.24) is 4.90 Å². The molecule has 3 rings (SSSR count). The van der Waals surface area contributed by atoms with Gasteiger partial charge >= 0.3 is 10.1 Å². The van der Waals surface area contributed by atoms with E-state index in [1.165, 1.54) is 6.07 Å². The fourth-order valence-corrected chi connectivity index (χ4v) is 4.25. The highest BCUT2D eigenvalue weighted by Gasteiger charge is 2.23. The molecule has 3 aromatic carbocycles. The van der Waals surface area contributed by atoms with Crippen LogP contribution in [0.25, 0.3) is 0 Å². The first-order valence-corrected chi connectivity index (χ1v) is 11.8. The summed E-state index contributed by atoms with van der Waals surface area (Å²) in [5.41, 5.74) is 1.10. The van der Waals surface area contributed by atoms with E-state index in [0.717, 1.165) is 30.7 Å². The van der Waals surface area contributed by atoms with Gasteiger partial charge in [-0.25, -0.2) is 4.39 Å². The smallest absolute Gasteiger partial charge is 0.339 e. The highest BCUT2D eigenvalue weighted by Crippen LogP contribution is 2.24. The highest BCUT2D eigenvalue weighted by atomic mass is 35.5. The van der Waals surface area contributed by atoms with E-state index in [2.05, 4.69) is 0 Å². The van der Waals surface area contributed by atoms with Crippen molar-refractivity contribution >= 4 is 27.6 Å². The summed E-state index contributed by atoms with van der Waals surface area (Å²) in [6, 6.07) is 17.7. The lowest BCUT2D eigenvalue weighted by Crippen LogP contribution is -2.38. The van der Waals surface area contributed by atoms with Gasteiger partial charge in [-0.2, -0.15) is 8.42 Å². The number of benzene rings is 3. The van der Waals surface area contributed by atoms with Crippen molar-refractivity contribution in [3.05, 3.63) is 94.8 Å². The molecular formula is C24H23ClFNO4S. The molecule has 168 valence electrons. The van der Waals surface area contributed by atoms with Crippen molar-refractivity contribution in [2.75, 3.05) is 0 Å². The zero-order valence-corrected chi connectivity index (χ0v) is 19.2. The van der Waals surface area contributed by atoms with Gasteiger partial charge in [0.25, 0.3) is 5.91 Å². The molecule has 32 heavy (non-hydrogen) atoms. The lowest BCUT2D eigenvalue weighted by Gasteiger charge is -2.29. The van der Waals surface area contributed by atoms with E-state index >= 15 is 0 Å². The maximum atomic E-state index is 13.2. The second-order valence-electron chi connectivity index (χ2n) is 7.31. The topological polar surface area (TPSA) is 63.7 Å². The number of amides is 1. The minimum absolute atomic E-state index is 0.0775. The monoisotopic (exact) mass is 475 g/mol. The molecule has 0 radical (unpaired) electrons. The Morgan fingerprint density at radius 1 is 1.06 bits per heavy atom. The van der Waals surface area contributed by atoms with Gasteiger partial charge in [0, 0.05) is 12.6 Å². The van der Waals surface area contributed by atoms with Crippen LogP contribution in [0.3, 0.4) is 0 Å². The number of hydrogen-bond donors (Lipinski definition) is 0. The second kappa shape index (κ2) is 10.1. The van der Waals surface area contributed by atoms with Crippen molar-refractivity contribution in [2.45, 2.75) is 37.8 Å². The van der Waals surface area contributed by atoms with Crippen LogP contribution >= 0.6 is 11.6 Å². The molecule has 0 bridgehead atoms. The van der Waals surface area contributed by atoms with Crippen LogP contribution in [0, 0.1) is 5.82 Å². The molecule has 0 aliphatic rings. The number of halogens is 2. The summed E-state index contributed by atoms with van der Waals surface area (Å²) in [5.74, 6) is -0.657. The van der Waals surface area contributed by atoms with Gasteiger partial charge in [0.1, 0.15) is 16.5 Å². The quantitative estimate of drug-likeness (QED) is 0.393. The van der Waals surface area contributed by atoms with Crippen molar-refractivity contribution in [3.63, 3.8) is 0 Å². The highest BCUT2D eigenvalue weighted by molar-refractivity contribution is 7.87. The zero-order chi connectivity index (χ0) is 23.3. The molecule has 0 fully saturated rings. The van der Waals surface area contributed by atoms with Gasteiger partial charge in [-0.3, -0.25) is 4.79 Å². The molecule has 0 spiro atoms. The molecule has 0 aliphatic heterocycles. The van der Waals surface area contributed by atoms with E-state index in [0.29, 0.717) is 16.1 Å². The third kappa shape index (κ3) is 5.66. The molecule has 0 aliphatic carbocycles. The van der Waals surface area contributed by atoms with E-state index in [9.17, 15) is 17.6 Å². The lowest BCUT2D eigenvalue weighted by atomic mass is 10.1. The van der Waals surface area contributed by atoms with Crippen LogP contribution in [0.5, 0.6) is 5.75 Å². The van der Waals surface area contributed by atoms with Crippen molar-refractivity contribution in [1.29, 1.82) is 0 Å². The van der Waals surface area contributed by atoms with Crippen LogP contribution in [0.15, 0.2) is 77.7 Å². The van der Waals surface area contributed by atoms with E-state index in [1.54, 1.807) is 47.4 Å². The first-order valence-electron chi connectivity index (χ1n) is 10.1. The first kappa shape index (κ1) is 23.8. The Labute approximate surface area is 192 Å². The standard InChI is InChI=1S/C24H23ClFNO4S/c1-3-17(2)27(24(28)22-9-4-5-10-23(22)25)16-18-7-6-8-20(15-18)31-32(29,30)21-13-11-19(26)12-14-21/h4-15,17H,3,16H2,1-2H3/t17-/m1/s1. The van der Waals surface area contributed by atoms with E-state index < -0.39 is 15.9 Å². The Morgan fingerprint density at radius 2 is 1.75 bits per heavy atom. The van der Waals surface area contributed by atoms with E-state index in [-0.39, 0.29) is 29.1 Å². The predicted octanol–water partition coefficient (Wildman–Crippen LogP) is 5.69. The average molecular weight is 476 g/mol. The van der Waals surface area contributed by atoms with Gasteiger partial charge in [-0.15, -0.1) is 0 Å². The van der Waals surface area contributed by atoms with Crippen molar-refractivity contribution < 1.29 is 21.8 Å². The predicted molar refractivity (Wildman–Crippen MR) is 122 cm³/mol. The van der Waals surface area contributed by atoms with Crippen LogP contribution < -0.4 is 4.18 Å². The largest absolute Gasteiger partial charge is 0.379 e. The molecule has 1 atom stereocenters. The molecule has 3 aromatic rings. The van der Waals surface area contributed by atoms with Gasteiger partial charge < -0.3 is 9.08 Å². The Morgan fingerprint density at radius 3 is 2.41 bits per heavy atom. The summed E-state index contributed by atoms with van der Waals surface area (Å²) >= 11 is 6.22. The SMILES string of the molecule is CC[C@@H](C)N(Cc1cccc(OS(=O)(=O)c2ccc(F)cc2)c1)C(=O)c1ccccc1Cl. The summed E-state index contributed by atoms with van der Waals surface area (Å²) in [5, 5.41) is 0.369. The molecule has 0 saturated heterocycles. The van der Waals surface area contributed by atoms with Gasteiger partial charge in [-0.1, -0.05) is 42.8 Å². The number of hydrogen-bond acceptors (Lipinski definition) is 4. The lowest BCUT2D eigenvalue weighted by molar-refractivity contribution is 0.0671. The summed E-state index contributed by atoms with van der Waals surface area (Å²) in [4.78, 5) is 14.7. The van der Waals surface area contributed by atoms with E-state index in [4.69, 9.17) is 15.8 Å². The molecule has 0 saturated carbocycles. The first-order chi connectivity index (χ1) is 15.2. The second-order valence-corrected chi connectivity index (χ2v) is 9.26. The summed E-state index contributed by atoms with van der Waals surface area (Å²) in [6.45, 7) is 4.16. The number of carbonyl (C=O) groups excluding carboxylic acids is 1. The third-order valence-electron chi connectivity index (χ3n) is 5.05. The molecule has 1 amide bonds. The maximum absolute atomic E-state index is 13.2. The fourth-order valence-electron chi connectivity index (χ4n) is 3.11. The average Bonchev–Trinajstić information content (AvgIpc) is 2.77.